The van der Waals surface area contributed by atoms with E-state index in [1.54, 1.807) is 6.07 Å². The van der Waals surface area contributed by atoms with Gasteiger partial charge in [0.15, 0.2) is 5.15 Å². The van der Waals surface area contributed by atoms with Crippen molar-refractivity contribution in [3.05, 3.63) is 51.2 Å². The van der Waals surface area contributed by atoms with E-state index in [1.807, 2.05) is 24.3 Å². The molecule has 0 aliphatic heterocycles. The molecule has 0 atom stereocenters. The average Bonchev–Trinajstić information content (AvgIpc) is 2.24. The molecule has 0 unspecified atom stereocenters. The second-order valence-electron chi connectivity index (χ2n) is 3.39. The van der Waals surface area contributed by atoms with E-state index < -0.39 is 0 Å². The highest BCUT2D eigenvalue weighted by molar-refractivity contribution is 9.10. The summed E-state index contributed by atoms with van der Waals surface area (Å²) in [6, 6.07) is 9.76. The highest BCUT2D eigenvalue weighted by Gasteiger charge is 2.03. The van der Waals surface area contributed by atoms with Gasteiger partial charge in [-0.3, -0.25) is 0 Å². The van der Waals surface area contributed by atoms with Gasteiger partial charge in [-0.2, -0.15) is 5.10 Å². The second kappa shape index (κ2) is 4.80. The van der Waals surface area contributed by atoms with Crippen molar-refractivity contribution in [3.8, 4) is 0 Å². The van der Waals surface area contributed by atoms with E-state index in [9.17, 15) is 0 Å². The summed E-state index contributed by atoms with van der Waals surface area (Å²) in [5.74, 6) is 0. The van der Waals surface area contributed by atoms with Crippen LogP contribution < -0.4 is 5.73 Å². The molecular formula is C11H9BrClN3. The minimum atomic E-state index is 0.248. The van der Waals surface area contributed by atoms with Crippen LogP contribution in [0.15, 0.2) is 34.8 Å². The maximum absolute atomic E-state index is 5.70. The molecule has 2 aromatic rings. The van der Waals surface area contributed by atoms with Gasteiger partial charge in [-0.15, -0.1) is 5.10 Å². The number of nitrogens with zero attached hydrogens (tertiary/aromatic N) is 2. The molecule has 0 fully saturated rings. The molecule has 0 spiro atoms. The van der Waals surface area contributed by atoms with E-state index in [0.717, 1.165) is 15.7 Å². The second-order valence-corrected chi connectivity index (χ2v) is 4.66. The van der Waals surface area contributed by atoms with Gasteiger partial charge in [0.25, 0.3) is 0 Å². The molecule has 0 saturated heterocycles. The van der Waals surface area contributed by atoms with E-state index in [4.69, 9.17) is 17.3 Å². The Morgan fingerprint density at radius 1 is 1.25 bits per heavy atom. The third-order valence-electron chi connectivity index (χ3n) is 2.10. The largest absolute Gasteiger partial charge is 0.396 e. The van der Waals surface area contributed by atoms with Crippen LogP contribution in [-0.2, 0) is 6.42 Å². The lowest BCUT2D eigenvalue weighted by Gasteiger charge is -2.03. The SMILES string of the molecule is Nc1cc(Cc2cccc(Br)c2)nnc1Cl. The lowest BCUT2D eigenvalue weighted by molar-refractivity contribution is 0.940. The normalized spacial score (nSPS) is 10.4. The van der Waals surface area contributed by atoms with Crippen molar-refractivity contribution in [2.45, 2.75) is 6.42 Å². The number of nitrogens with two attached hydrogens (primary N) is 1. The van der Waals surface area contributed by atoms with Crippen LogP contribution in [0.1, 0.15) is 11.3 Å². The highest BCUT2D eigenvalue weighted by Crippen LogP contribution is 2.18. The van der Waals surface area contributed by atoms with Crippen LogP contribution in [0.2, 0.25) is 5.15 Å². The molecule has 0 aliphatic rings. The smallest absolute Gasteiger partial charge is 0.174 e. The number of halogens is 2. The van der Waals surface area contributed by atoms with Gasteiger partial charge in [-0.1, -0.05) is 39.7 Å². The zero-order valence-electron chi connectivity index (χ0n) is 8.32. The molecule has 0 radical (unpaired) electrons. The fourth-order valence-electron chi connectivity index (χ4n) is 1.38. The molecule has 82 valence electrons. The van der Waals surface area contributed by atoms with Gasteiger partial charge < -0.3 is 5.73 Å². The summed E-state index contributed by atoms with van der Waals surface area (Å²) in [6.07, 6.45) is 0.688. The predicted octanol–water partition coefficient (Wildman–Crippen LogP) is 3.07. The van der Waals surface area contributed by atoms with Crippen molar-refractivity contribution in [1.29, 1.82) is 0 Å². The summed E-state index contributed by atoms with van der Waals surface area (Å²) in [4.78, 5) is 0. The van der Waals surface area contributed by atoms with Crippen LogP contribution >= 0.6 is 27.5 Å². The molecule has 16 heavy (non-hydrogen) atoms. The maximum Gasteiger partial charge on any atom is 0.174 e. The van der Waals surface area contributed by atoms with Crippen LogP contribution in [0.4, 0.5) is 5.69 Å². The number of aromatic nitrogens is 2. The molecule has 3 nitrogen and oxygen atoms in total. The summed E-state index contributed by atoms with van der Waals surface area (Å²) in [5, 5.41) is 8.01. The van der Waals surface area contributed by atoms with Gasteiger partial charge in [-0.05, 0) is 23.8 Å². The zero-order valence-corrected chi connectivity index (χ0v) is 10.7. The first-order valence-corrected chi connectivity index (χ1v) is 5.84. The van der Waals surface area contributed by atoms with Gasteiger partial charge in [-0.25, -0.2) is 0 Å². The monoisotopic (exact) mass is 297 g/mol. The Hall–Kier alpha value is -1.13. The number of anilines is 1. The standard InChI is InChI=1S/C11H9BrClN3/c12-8-3-1-2-7(4-8)5-9-6-10(14)11(13)16-15-9/h1-4,6H,5H2,(H2,14,15). The molecule has 0 amide bonds. The van der Waals surface area contributed by atoms with Crippen LogP contribution in [0.25, 0.3) is 0 Å². The fraction of sp³-hybridized carbons (Fsp3) is 0.0909. The molecule has 1 aromatic heterocycles. The number of benzene rings is 1. The fourth-order valence-corrected chi connectivity index (χ4v) is 1.92. The van der Waals surface area contributed by atoms with Gasteiger partial charge >= 0.3 is 0 Å². The molecule has 1 aromatic carbocycles. The van der Waals surface area contributed by atoms with E-state index in [2.05, 4.69) is 26.1 Å². The maximum atomic E-state index is 5.70. The average molecular weight is 299 g/mol. The summed E-state index contributed by atoms with van der Waals surface area (Å²) < 4.78 is 1.04. The molecular weight excluding hydrogens is 289 g/mol. The van der Waals surface area contributed by atoms with Crippen molar-refractivity contribution in [3.63, 3.8) is 0 Å². The highest BCUT2D eigenvalue weighted by atomic mass is 79.9. The summed E-state index contributed by atoms with van der Waals surface area (Å²) in [6.45, 7) is 0. The van der Waals surface area contributed by atoms with E-state index >= 15 is 0 Å². The number of nitrogen functional groups attached to an aromatic ring is 1. The molecule has 0 bridgehead atoms. The van der Waals surface area contributed by atoms with E-state index in [-0.39, 0.29) is 5.15 Å². The first kappa shape index (κ1) is 11.4. The Morgan fingerprint density at radius 3 is 2.75 bits per heavy atom. The molecule has 2 rings (SSSR count). The zero-order chi connectivity index (χ0) is 11.5. The quantitative estimate of drug-likeness (QED) is 0.927. The number of rotatable bonds is 2. The van der Waals surface area contributed by atoms with Gasteiger partial charge in [0.1, 0.15) is 0 Å². The van der Waals surface area contributed by atoms with Crippen molar-refractivity contribution in [1.82, 2.24) is 10.2 Å². The first-order chi connectivity index (χ1) is 7.65. The Morgan fingerprint density at radius 2 is 2.06 bits per heavy atom. The molecule has 5 heteroatoms. The van der Waals surface area contributed by atoms with Crippen LogP contribution in [0, 0.1) is 0 Å². The molecule has 0 saturated carbocycles. The van der Waals surface area contributed by atoms with Crippen LogP contribution in [-0.4, -0.2) is 10.2 Å². The third kappa shape index (κ3) is 2.71. The molecule has 2 N–H and O–H groups in total. The van der Waals surface area contributed by atoms with Crippen molar-refractivity contribution >= 4 is 33.2 Å². The summed E-state index contributed by atoms with van der Waals surface area (Å²) in [7, 11) is 0. The molecule has 1 heterocycles. The van der Waals surface area contributed by atoms with Crippen molar-refractivity contribution in [2.75, 3.05) is 5.73 Å². The third-order valence-corrected chi connectivity index (χ3v) is 2.89. The Labute approximate surface area is 107 Å². The minimum Gasteiger partial charge on any atom is -0.396 e. The first-order valence-electron chi connectivity index (χ1n) is 4.67. The number of hydrogen-bond donors (Lipinski definition) is 1. The summed E-state index contributed by atoms with van der Waals surface area (Å²) >= 11 is 9.12. The van der Waals surface area contributed by atoms with Crippen molar-refractivity contribution in [2.24, 2.45) is 0 Å². The minimum absolute atomic E-state index is 0.248. The van der Waals surface area contributed by atoms with Gasteiger partial charge in [0.05, 0.1) is 11.4 Å². The molecule has 0 aliphatic carbocycles. The van der Waals surface area contributed by atoms with Crippen molar-refractivity contribution < 1.29 is 0 Å². The Kier molecular flexibility index (Phi) is 3.41. The lowest BCUT2D eigenvalue weighted by Crippen LogP contribution is -1.98. The van der Waals surface area contributed by atoms with Gasteiger partial charge in [0.2, 0.25) is 0 Å². The van der Waals surface area contributed by atoms with Gasteiger partial charge in [0, 0.05) is 10.9 Å². The van der Waals surface area contributed by atoms with Crippen LogP contribution in [0.5, 0.6) is 0 Å². The van der Waals surface area contributed by atoms with E-state index in [1.165, 1.54) is 0 Å². The topological polar surface area (TPSA) is 51.8 Å². The Bertz CT molecular complexity index is 516. The number of hydrogen-bond acceptors (Lipinski definition) is 3. The summed E-state index contributed by atoms with van der Waals surface area (Å²) in [5.41, 5.74) is 8.07. The Balaban J connectivity index is 2.24. The predicted molar refractivity (Wildman–Crippen MR) is 68.4 cm³/mol. The van der Waals surface area contributed by atoms with E-state index in [0.29, 0.717) is 12.1 Å². The lowest BCUT2D eigenvalue weighted by atomic mass is 10.1. The van der Waals surface area contributed by atoms with Crippen LogP contribution in [0.3, 0.4) is 0 Å².